The van der Waals surface area contributed by atoms with Crippen LogP contribution in [0, 0.1) is 11.3 Å². The summed E-state index contributed by atoms with van der Waals surface area (Å²) >= 11 is 0. The highest BCUT2D eigenvalue weighted by atomic mass is 16.5. The predicted octanol–water partition coefficient (Wildman–Crippen LogP) is 2.66. The van der Waals surface area contributed by atoms with Crippen LogP contribution in [0.1, 0.15) is 25.3 Å². The number of rotatable bonds is 5. The van der Waals surface area contributed by atoms with Crippen LogP contribution in [0.25, 0.3) is 0 Å². The Labute approximate surface area is 102 Å². The van der Waals surface area contributed by atoms with E-state index in [1.165, 1.54) is 5.56 Å². The minimum Gasteiger partial charge on any atom is -0.494 e. The van der Waals surface area contributed by atoms with E-state index in [4.69, 9.17) is 14.7 Å². The van der Waals surface area contributed by atoms with Gasteiger partial charge in [-0.1, -0.05) is 12.1 Å². The first-order valence-electron chi connectivity index (χ1n) is 5.99. The van der Waals surface area contributed by atoms with Gasteiger partial charge in [0.2, 0.25) is 0 Å². The molecule has 0 saturated carbocycles. The van der Waals surface area contributed by atoms with Crippen molar-refractivity contribution in [2.75, 3.05) is 19.8 Å². The smallest absolute Gasteiger partial charge is 0.119 e. The molecule has 3 nitrogen and oxygen atoms in total. The molecule has 0 radical (unpaired) electrons. The Kier molecular flexibility index (Phi) is 3.65. The van der Waals surface area contributed by atoms with Crippen LogP contribution in [-0.2, 0) is 10.2 Å². The van der Waals surface area contributed by atoms with Crippen molar-refractivity contribution in [3.8, 4) is 11.8 Å². The maximum Gasteiger partial charge on any atom is 0.119 e. The Morgan fingerprint density at radius 3 is 2.53 bits per heavy atom. The first-order chi connectivity index (χ1) is 8.30. The molecule has 1 aliphatic rings. The van der Waals surface area contributed by atoms with Crippen LogP contribution >= 0.6 is 0 Å². The van der Waals surface area contributed by atoms with E-state index in [0.29, 0.717) is 13.0 Å². The molecule has 90 valence electrons. The lowest BCUT2D eigenvalue weighted by atomic mass is 9.75. The predicted molar refractivity (Wildman–Crippen MR) is 65.0 cm³/mol. The lowest BCUT2D eigenvalue weighted by molar-refractivity contribution is -0.0637. The third kappa shape index (κ3) is 2.42. The van der Waals surface area contributed by atoms with Crippen molar-refractivity contribution >= 4 is 0 Å². The van der Waals surface area contributed by atoms with E-state index in [9.17, 15) is 0 Å². The minimum absolute atomic E-state index is 0.0560. The van der Waals surface area contributed by atoms with Gasteiger partial charge in [-0.3, -0.25) is 0 Å². The topological polar surface area (TPSA) is 42.2 Å². The van der Waals surface area contributed by atoms with Crippen molar-refractivity contribution in [2.24, 2.45) is 0 Å². The molecule has 1 saturated heterocycles. The summed E-state index contributed by atoms with van der Waals surface area (Å²) in [5.41, 5.74) is 1.31. The molecule has 1 aromatic carbocycles. The fraction of sp³-hybridized carbons (Fsp3) is 0.500. The van der Waals surface area contributed by atoms with Crippen molar-refractivity contribution in [1.29, 1.82) is 5.26 Å². The molecule has 0 amide bonds. The number of ether oxygens (including phenoxy) is 2. The maximum atomic E-state index is 8.70. The van der Waals surface area contributed by atoms with E-state index in [2.05, 4.69) is 18.2 Å². The summed E-state index contributed by atoms with van der Waals surface area (Å²) in [7, 11) is 0. The number of benzene rings is 1. The number of nitriles is 1. The van der Waals surface area contributed by atoms with Crippen molar-refractivity contribution in [1.82, 2.24) is 0 Å². The van der Waals surface area contributed by atoms with Crippen LogP contribution in [0.3, 0.4) is 0 Å². The van der Waals surface area contributed by atoms with E-state index in [0.717, 1.165) is 25.4 Å². The van der Waals surface area contributed by atoms with Crippen LogP contribution < -0.4 is 4.74 Å². The quantitative estimate of drug-likeness (QED) is 0.782. The summed E-state index contributed by atoms with van der Waals surface area (Å²) in [6, 6.07) is 10.4. The van der Waals surface area contributed by atoms with E-state index in [-0.39, 0.29) is 5.41 Å². The summed E-state index contributed by atoms with van der Waals surface area (Å²) in [6.07, 6.45) is 1.45. The van der Waals surface area contributed by atoms with Crippen molar-refractivity contribution < 1.29 is 9.47 Å². The maximum absolute atomic E-state index is 8.70. The average molecular weight is 231 g/mol. The van der Waals surface area contributed by atoms with Gasteiger partial charge in [0.1, 0.15) is 5.75 Å². The van der Waals surface area contributed by atoms with Gasteiger partial charge in [0.05, 0.1) is 25.9 Å². The summed E-state index contributed by atoms with van der Waals surface area (Å²) in [6.45, 7) is 4.11. The van der Waals surface area contributed by atoms with Crippen LogP contribution in [0.4, 0.5) is 0 Å². The molecule has 1 heterocycles. The van der Waals surface area contributed by atoms with Gasteiger partial charge in [-0.2, -0.15) is 5.26 Å². The van der Waals surface area contributed by atoms with E-state index < -0.39 is 0 Å². The van der Waals surface area contributed by atoms with E-state index in [1.54, 1.807) is 0 Å². The Hall–Kier alpha value is -1.53. The highest BCUT2D eigenvalue weighted by Crippen LogP contribution is 2.37. The molecule has 1 fully saturated rings. The van der Waals surface area contributed by atoms with E-state index >= 15 is 0 Å². The number of hydrogen-bond acceptors (Lipinski definition) is 3. The Bertz CT molecular complexity index is 401. The second-order valence-electron chi connectivity index (χ2n) is 4.39. The lowest BCUT2D eigenvalue weighted by Crippen LogP contribution is -2.46. The second kappa shape index (κ2) is 5.20. The molecule has 0 atom stereocenters. The molecule has 3 heteroatoms. The van der Waals surface area contributed by atoms with Gasteiger partial charge in [-0.15, -0.1) is 0 Å². The molecule has 0 aliphatic carbocycles. The summed E-state index contributed by atoms with van der Waals surface area (Å²) < 4.78 is 10.7. The molecule has 0 aromatic heterocycles. The summed E-state index contributed by atoms with van der Waals surface area (Å²) in [4.78, 5) is 0. The first-order valence-corrected chi connectivity index (χ1v) is 5.99. The standard InChI is InChI=1S/C14H17NO2/c1-2-17-13-6-4-12(5-7-13)14(8-3-9-15)10-16-11-14/h4-7H,2-3,8,10-11H2,1H3. The first kappa shape index (κ1) is 11.9. The van der Waals surface area contributed by atoms with Gasteiger partial charge >= 0.3 is 0 Å². The molecular formula is C14H17NO2. The molecule has 0 N–H and O–H groups in total. The van der Waals surface area contributed by atoms with Crippen LogP contribution in [0.15, 0.2) is 24.3 Å². The molecule has 0 unspecified atom stereocenters. The fourth-order valence-corrected chi connectivity index (χ4v) is 2.17. The van der Waals surface area contributed by atoms with Crippen LogP contribution in [0.2, 0.25) is 0 Å². The van der Waals surface area contributed by atoms with Gasteiger partial charge in [0, 0.05) is 11.8 Å². The molecule has 1 aliphatic heterocycles. The number of hydrogen-bond donors (Lipinski definition) is 0. The van der Waals surface area contributed by atoms with Gasteiger partial charge in [-0.05, 0) is 31.0 Å². The fourth-order valence-electron chi connectivity index (χ4n) is 2.17. The zero-order valence-corrected chi connectivity index (χ0v) is 10.1. The highest BCUT2D eigenvalue weighted by Gasteiger charge is 2.39. The summed E-state index contributed by atoms with van der Waals surface area (Å²) in [5, 5.41) is 8.70. The van der Waals surface area contributed by atoms with Gasteiger partial charge < -0.3 is 9.47 Å². The van der Waals surface area contributed by atoms with E-state index in [1.807, 2.05) is 19.1 Å². The van der Waals surface area contributed by atoms with Gasteiger partial charge in [0.25, 0.3) is 0 Å². The van der Waals surface area contributed by atoms with Crippen molar-refractivity contribution in [3.63, 3.8) is 0 Å². The second-order valence-corrected chi connectivity index (χ2v) is 4.39. The molecule has 0 spiro atoms. The van der Waals surface area contributed by atoms with Crippen molar-refractivity contribution in [2.45, 2.75) is 25.2 Å². The Morgan fingerprint density at radius 2 is 2.06 bits per heavy atom. The lowest BCUT2D eigenvalue weighted by Gasteiger charge is -2.41. The summed E-state index contributed by atoms with van der Waals surface area (Å²) in [5.74, 6) is 0.895. The monoisotopic (exact) mass is 231 g/mol. The van der Waals surface area contributed by atoms with Gasteiger partial charge in [0.15, 0.2) is 0 Å². The third-order valence-electron chi connectivity index (χ3n) is 3.25. The Balaban J connectivity index is 2.12. The SMILES string of the molecule is CCOc1ccc(C2(CCC#N)COC2)cc1. The van der Waals surface area contributed by atoms with Crippen molar-refractivity contribution in [3.05, 3.63) is 29.8 Å². The highest BCUT2D eigenvalue weighted by molar-refractivity contribution is 5.34. The molecule has 0 bridgehead atoms. The van der Waals surface area contributed by atoms with Crippen LogP contribution in [0.5, 0.6) is 5.75 Å². The molecule has 2 rings (SSSR count). The molecular weight excluding hydrogens is 214 g/mol. The number of nitrogens with zero attached hydrogens (tertiary/aromatic N) is 1. The third-order valence-corrected chi connectivity index (χ3v) is 3.25. The zero-order valence-electron chi connectivity index (χ0n) is 10.1. The van der Waals surface area contributed by atoms with Crippen LogP contribution in [-0.4, -0.2) is 19.8 Å². The largest absolute Gasteiger partial charge is 0.494 e. The molecule has 1 aromatic rings. The zero-order chi connectivity index (χ0) is 12.1. The Morgan fingerprint density at radius 1 is 1.35 bits per heavy atom. The normalized spacial score (nSPS) is 16.9. The minimum atomic E-state index is 0.0560. The molecule has 17 heavy (non-hydrogen) atoms. The van der Waals surface area contributed by atoms with Gasteiger partial charge in [-0.25, -0.2) is 0 Å². The average Bonchev–Trinajstić information content (AvgIpc) is 2.30.